The van der Waals surface area contributed by atoms with Gasteiger partial charge in [0.05, 0.1) is 16.6 Å². The molecule has 0 spiro atoms. The highest BCUT2D eigenvalue weighted by molar-refractivity contribution is 8.00. The zero-order chi connectivity index (χ0) is 22.0. The Morgan fingerprint density at radius 2 is 1.61 bits per heavy atom. The number of amides is 2. The van der Waals surface area contributed by atoms with Crippen molar-refractivity contribution in [2.75, 3.05) is 36.8 Å². The van der Waals surface area contributed by atoms with Gasteiger partial charge in [0, 0.05) is 31.9 Å². The molecule has 2 aromatic carbocycles. The van der Waals surface area contributed by atoms with Crippen LogP contribution in [0.2, 0.25) is 0 Å². The Morgan fingerprint density at radius 3 is 2.26 bits per heavy atom. The molecule has 2 saturated heterocycles. The minimum atomic E-state index is -0.623. The van der Waals surface area contributed by atoms with Crippen molar-refractivity contribution < 1.29 is 18.4 Å². The van der Waals surface area contributed by atoms with Gasteiger partial charge in [-0.1, -0.05) is 31.2 Å². The lowest BCUT2D eigenvalue weighted by molar-refractivity contribution is -0.135. The highest BCUT2D eigenvalue weighted by Crippen LogP contribution is 2.34. The van der Waals surface area contributed by atoms with Gasteiger partial charge in [0.2, 0.25) is 5.91 Å². The number of nitrogens with zero attached hydrogens (tertiary/aromatic N) is 3. The van der Waals surface area contributed by atoms with Gasteiger partial charge in [0.15, 0.2) is 0 Å². The van der Waals surface area contributed by atoms with Gasteiger partial charge >= 0.3 is 0 Å². The number of benzene rings is 2. The third-order valence-corrected chi connectivity index (χ3v) is 7.30. The van der Waals surface area contributed by atoms with Gasteiger partial charge in [-0.25, -0.2) is 8.78 Å². The first-order chi connectivity index (χ1) is 15.0. The first-order valence-corrected chi connectivity index (χ1v) is 11.5. The zero-order valence-corrected chi connectivity index (χ0v) is 18.2. The second-order valence-corrected chi connectivity index (χ2v) is 8.88. The summed E-state index contributed by atoms with van der Waals surface area (Å²) in [5.74, 6) is -0.934. The summed E-state index contributed by atoms with van der Waals surface area (Å²) in [4.78, 5) is 31.7. The second-order valence-electron chi connectivity index (χ2n) is 7.67. The lowest BCUT2D eigenvalue weighted by atomic mass is 10.1. The molecule has 2 fully saturated rings. The van der Waals surface area contributed by atoms with Crippen LogP contribution in [0.4, 0.5) is 14.5 Å². The third-order valence-electron chi connectivity index (χ3n) is 5.85. The highest BCUT2D eigenvalue weighted by Gasteiger charge is 2.43. The molecule has 2 aliphatic rings. The molecule has 0 bridgehead atoms. The Kier molecular flexibility index (Phi) is 6.46. The van der Waals surface area contributed by atoms with Crippen LogP contribution in [0.25, 0.3) is 0 Å². The van der Waals surface area contributed by atoms with Crippen molar-refractivity contribution in [1.82, 2.24) is 9.80 Å². The summed E-state index contributed by atoms with van der Waals surface area (Å²) in [5.41, 5.74) is 0.527. The minimum absolute atomic E-state index is 0.00868. The number of piperazine rings is 1. The second kappa shape index (κ2) is 9.26. The zero-order valence-electron chi connectivity index (χ0n) is 17.3. The summed E-state index contributed by atoms with van der Waals surface area (Å²) in [7, 11) is 0. The number of hydrogen-bond acceptors (Lipinski definition) is 4. The number of para-hydroxylation sites is 1. The molecule has 2 atom stereocenters. The average Bonchev–Trinajstić information content (AvgIpc) is 3.23. The van der Waals surface area contributed by atoms with Gasteiger partial charge in [-0.2, -0.15) is 0 Å². The maximum Gasteiger partial charge on any atom is 0.258 e. The van der Waals surface area contributed by atoms with Crippen LogP contribution in [0.15, 0.2) is 48.5 Å². The van der Waals surface area contributed by atoms with Crippen molar-refractivity contribution in [1.29, 1.82) is 0 Å². The van der Waals surface area contributed by atoms with Crippen LogP contribution in [-0.2, 0) is 4.79 Å². The van der Waals surface area contributed by atoms with E-state index in [-0.39, 0.29) is 22.7 Å². The highest BCUT2D eigenvalue weighted by atomic mass is 32.2. The van der Waals surface area contributed by atoms with E-state index < -0.39 is 17.8 Å². The van der Waals surface area contributed by atoms with Gasteiger partial charge in [-0.15, -0.1) is 11.8 Å². The van der Waals surface area contributed by atoms with Gasteiger partial charge in [0.25, 0.3) is 5.91 Å². The molecule has 2 amide bonds. The van der Waals surface area contributed by atoms with Crippen LogP contribution < -0.4 is 4.90 Å². The lowest BCUT2D eigenvalue weighted by Crippen LogP contribution is -2.56. The van der Waals surface area contributed by atoms with Crippen molar-refractivity contribution in [3.63, 3.8) is 0 Å². The molecular formula is C23H25F2N3O2S. The van der Waals surface area contributed by atoms with Crippen LogP contribution in [0.5, 0.6) is 0 Å². The fourth-order valence-electron chi connectivity index (χ4n) is 4.20. The summed E-state index contributed by atoms with van der Waals surface area (Å²) >= 11 is 1.55. The molecule has 5 nitrogen and oxygen atoms in total. The number of halogens is 2. The maximum atomic E-state index is 14.3. The van der Waals surface area contributed by atoms with E-state index in [0.717, 1.165) is 0 Å². The molecule has 8 heteroatoms. The summed E-state index contributed by atoms with van der Waals surface area (Å²) < 4.78 is 28.4. The predicted molar refractivity (Wildman–Crippen MR) is 118 cm³/mol. The molecule has 164 valence electrons. The van der Waals surface area contributed by atoms with Crippen molar-refractivity contribution in [2.24, 2.45) is 0 Å². The predicted octanol–water partition coefficient (Wildman–Crippen LogP) is 3.61. The SMILES string of the molecule is CCC1SCC(C(=O)N2CCN(c3ccccc3F)CC2)N1C(=O)c1ccccc1F. The molecule has 0 aromatic heterocycles. The molecule has 4 rings (SSSR count). The molecule has 31 heavy (non-hydrogen) atoms. The Morgan fingerprint density at radius 1 is 0.968 bits per heavy atom. The van der Waals surface area contributed by atoms with Gasteiger partial charge in [-0.05, 0) is 30.7 Å². The molecular weight excluding hydrogens is 420 g/mol. The summed E-state index contributed by atoms with van der Waals surface area (Å²) in [5, 5.41) is -0.166. The van der Waals surface area contributed by atoms with E-state index in [4.69, 9.17) is 0 Å². The molecule has 2 unspecified atom stereocenters. The van der Waals surface area contributed by atoms with E-state index >= 15 is 0 Å². The Hall–Kier alpha value is -2.61. The van der Waals surface area contributed by atoms with E-state index in [9.17, 15) is 18.4 Å². The number of carbonyl (C=O) groups is 2. The smallest absolute Gasteiger partial charge is 0.258 e. The van der Waals surface area contributed by atoms with Gasteiger partial charge < -0.3 is 14.7 Å². The van der Waals surface area contributed by atoms with Crippen molar-refractivity contribution in [3.05, 3.63) is 65.7 Å². The van der Waals surface area contributed by atoms with Crippen LogP contribution in [0, 0.1) is 11.6 Å². The topological polar surface area (TPSA) is 43.9 Å². The van der Waals surface area contributed by atoms with Crippen molar-refractivity contribution >= 4 is 29.3 Å². The number of rotatable bonds is 4. The number of thioether (sulfide) groups is 1. The van der Waals surface area contributed by atoms with Crippen molar-refractivity contribution in [2.45, 2.75) is 24.8 Å². The summed E-state index contributed by atoms with van der Waals surface area (Å²) in [6.07, 6.45) is 0.676. The first kappa shape index (κ1) is 21.6. The van der Waals surface area contributed by atoms with E-state index in [0.29, 0.717) is 44.0 Å². The monoisotopic (exact) mass is 445 g/mol. The molecule has 2 heterocycles. The summed E-state index contributed by atoms with van der Waals surface area (Å²) in [6.45, 7) is 3.90. The minimum Gasteiger partial charge on any atom is -0.366 e. The fraction of sp³-hybridized carbons (Fsp3) is 0.391. The van der Waals surface area contributed by atoms with E-state index in [1.54, 1.807) is 51.9 Å². The van der Waals surface area contributed by atoms with Crippen LogP contribution >= 0.6 is 11.8 Å². The largest absolute Gasteiger partial charge is 0.366 e. The molecule has 0 radical (unpaired) electrons. The summed E-state index contributed by atoms with van der Waals surface area (Å²) in [6, 6.07) is 11.9. The Balaban J connectivity index is 1.48. The maximum absolute atomic E-state index is 14.3. The quantitative estimate of drug-likeness (QED) is 0.721. The van der Waals surface area contributed by atoms with Gasteiger partial charge in [-0.3, -0.25) is 9.59 Å². The Labute approximate surface area is 185 Å². The number of anilines is 1. The van der Waals surface area contributed by atoms with Gasteiger partial charge in [0.1, 0.15) is 17.7 Å². The van der Waals surface area contributed by atoms with E-state index in [1.165, 1.54) is 18.2 Å². The molecule has 2 aromatic rings. The Bertz CT molecular complexity index is 965. The molecule has 0 N–H and O–H groups in total. The standard InChI is InChI=1S/C23H25F2N3O2S/c1-2-21-28(22(29)16-7-3-4-8-17(16)24)20(15-31-21)23(30)27-13-11-26(12-14-27)19-10-6-5-9-18(19)25/h3-10,20-21H,2,11-15H2,1H3. The lowest BCUT2D eigenvalue weighted by Gasteiger charge is -2.38. The van der Waals surface area contributed by atoms with Crippen LogP contribution in [-0.4, -0.2) is 65.0 Å². The van der Waals surface area contributed by atoms with E-state index in [2.05, 4.69) is 0 Å². The van der Waals surface area contributed by atoms with Crippen LogP contribution in [0.3, 0.4) is 0 Å². The normalized spacial score (nSPS) is 21.5. The van der Waals surface area contributed by atoms with Crippen molar-refractivity contribution in [3.8, 4) is 0 Å². The fourth-order valence-corrected chi connectivity index (χ4v) is 5.55. The number of carbonyl (C=O) groups excluding carboxylic acids is 2. The average molecular weight is 446 g/mol. The van der Waals surface area contributed by atoms with Crippen LogP contribution in [0.1, 0.15) is 23.7 Å². The molecule has 0 aliphatic carbocycles. The third kappa shape index (κ3) is 4.26. The molecule has 0 saturated carbocycles. The van der Waals surface area contributed by atoms with E-state index in [1.807, 2.05) is 11.8 Å². The first-order valence-electron chi connectivity index (χ1n) is 10.5. The number of hydrogen-bond donors (Lipinski definition) is 0. The molecule has 2 aliphatic heterocycles.